The average molecular weight is 213 g/mol. The zero-order valence-electron chi connectivity index (χ0n) is 7.82. The SMILES string of the molecule is CS(=O)(=O)c1nc(N)c2c(n1)CCC2. The molecule has 1 aromatic heterocycles. The van der Waals surface area contributed by atoms with E-state index in [-0.39, 0.29) is 5.16 Å². The van der Waals surface area contributed by atoms with Crippen molar-refractivity contribution < 1.29 is 8.42 Å². The van der Waals surface area contributed by atoms with Crippen molar-refractivity contribution in [3.05, 3.63) is 11.3 Å². The molecule has 0 fully saturated rings. The largest absolute Gasteiger partial charge is 0.383 e. The van der Waals surface area contributed by atoms with Gasteiger partial charge in [0.15, 0.2) is 0 Å². The molecule has 0 atom stereocenters. The highest BCUT2D eigenvalue weighted by molar-refractivity contribution is 7.90. The van der Waals surface area contributed by atoms with Crippen molar-refractivity contribution >= 4 is 15.7 Å². The Kier molecular flexibility index (Phi) is 1.95. The topological polar surface area (TPSA) is 85.9 Å². The van der Waals surface area contributed by atoms with Gasteiger partial charge in [-0.25, -0.2) is 18.4 Å². The number of aryl methyl sites for hydroxylation is 1. The van der Waals surface area contributed by atoms with Crippen LogP contribution >= 0.6 is 0 Å². The molecule has 0 spiro atoms. The number of sulfone groups is 1. The summed E-state index contributed by atoms with van der Waals surface area (Å²) in [4.78, 5) is 7.80. The first-order valence-corrected chi connectivity index (χ1v) is 6.23. The third-order valence-corrected chi connectivity index (χ3v) is 3.12. The molecule has 0 amide bonds. The summed E-state index contributed by atoms with van der Waals surface area (Å²) in [6, 6.07) is 0. The zero-order chi connectivity index (χ0) is 10.3. The van der Waals surface area contributed by atoms with Gasteiger partial charge in [-0.2, -0.15) is 0 Å². The Morgan fingerprint density at radius 1 is 1.29 bits per heavy atom. The van der Waals surface area contributed by atoms with Crippen LogP contribution in [0.5, 0.6) is 0 Å². The molecule has 0 bridgehead atoms. The predicted octanol–water partition coefficient (Wildman–Crippen LogP) is -0.0490. The van der Waals surface area contributed by atoms with E-state index in [1.54, 1.807) is 0 Å². The van der Waals surface area contributed by atoms with Gasteiger partial charge < -0.3 is 5.73 Å². The van der Waals surface area contributed by atoms with E-state index in [4.69, 9.17) is 5.73 Å². The van der Waals surface area contributed by atoms with E-state index >= 15 is 0 Å². The first kappa shape index (κ1) is 9.39. The van der Waals surface area contributed by atoms with Gasteiger partial charge in [-0.15, -0.1) is 0 Å². The fourth-order valence-electron chi connectivity index (χ4n) is 1.60. The quantitative estimate of drug-likeness (QED) is 0.661. The molecule has 5 nitrogen and oxygen atoms in total. The van der Waals surface area contributed by atoms with Crippen molar-refractivity contribution in [3.63, 3.8) is 0 Å². The molecule has 6 heteroatoms. The number of fused-ring (bicyclic) bond motifs is 1. The molecule has 0 aliphatic heterocycles. The number of rotatable bonds is 1. The molecule has 76 valence electrons. The third-order valence-electron chi connectivity index (χ3n) is 2.28. The lowest BCUT2D eigenvalue weighted by molar-refractivity contribution is 0.592. The zero-order valence-corrected chi connectivity index (χ0v) is 8.63. The minimum atomic E-state index is -3.35. The van der Waals surface area contributed by atoms with Gasteiger partial charge in [0.2, 0.25) is 15.0 Å². The summed E-state index contributed by atoms with van der Waals surface area (Å²) in [6.45, 7) is 0. The number of hydrogen-bond acceptors (Lipinski definition) is 5. The summed E-state index contributed by atoms with van der Waals surface area (Å²) in [7, 11) is -3.35. The molecular formula is C8H11N3O2S. The van der Waals surface area contributed by atoms with Gasteiger partial charge in [-0.1, -0.05) is 0 Å². The summed E-state index contributed by atoms with van der Waals surface area (Å²) < 4.78 is 22.4. The normalized spacial score (nSPS) is 15.5. The van der Waals surface area contributed by atoms with E-state index in [0.29, 0.717) is 5.82 Å². The number of nitrogens with two attached hydrogens (primary N) is 1. The van der Waals surface area contributed by atoms with E-state index in [2.05, 4.69) is 9.97 Å². The van der Waals surface area contributed by atoms with Gasteiger partial charge in [0.1, 0.15) is 5.82 Å². The highest BCUT2D eigenvalue weighted by Crippen LogP contribution is 2.24. The number of hydrogen-bond donors (Lipinski definition) is 1. The fourth-order valence-corrected chi connectivity index (χ4v) is 2.14. The van der Waals surface area contributed by atoms with Crippen LogP contribution < -0.4 is 5.73 Å². The monoisotopic (exact) mass is 213 g/mol. The Labute approximate surface area is 82.3 Å². The highest BCUT2D eigenvalue weighted by Gasteiger charge is 2.21. The van der Waals surface area contributed by atoms with Crippen LogP contribution in [-0.4, -0.2) is 24.6 Å². The second kappa shape index (κ2) is 2.91. The Morgan fingerprint density at radius 3 is 2.64 bits per heavy atom. The van der Waals surface area contributed by atoms with E-state index in [9.17, 15) is 8.42 Å². The molecule has 0 unspecified atom stereocenters. The highest BCUT2D eigenvalue weighted by atomic mass is 32.2. The van der Waals surface area contributed by atoms with Gasteiger partial charge in [-0.05, 0) is 19.3 Å². The van der Waals surface area contributed by atoms with E-state index < -0.39 is 9.84 Å². The van der Waals surface area contributed by atoms with Gasteiger partial charge in [0.25, 0.3) is 0 Å². The molecule has 0 radical (unpaired) electrons. The number of nitrogens with zero attached hydrogens (tertiary/aromatic N) is 2. The molecule has 2 rings (SSSR count). The molecule has 0 saturated carbocycles. The molecule has 1 aliphatic rings. The van der Waals surface area contributed by atoms with E-state index in [1.165, 1.54) is 0 Å². The van der Waals surface area contributed by atoms with Crippen LogP contribution in [0.1, 0.15) is 17.7 Å². The van der Waals surface area contributed by atoms with Crippen molar-refractivity contribution in [2.75, 3.05) is 12.0 Å². The lowest BCUT2D eigenvalue weighted by Crippen LogP contribution is -2.09. The molecule has 0 saturated heterocycles. The Bertz CT molecular complexity index is 482. The predicted molar refractivity (Wildman–Crippen MR) is 51.6 cm³/mol. The minimum Gasteiger partial charge on any atom is -0.383 e. The lowest BCUT2D eigenvalue weighted by Gasteiger charge is -2.04. The van der Waals surface area contributed by atoms with Gasteiger partial charge in [-0.3, -0.25) is 0 Å². The molecule has 1 heterocycles. The molecule has 1 aromatic rings. The maximum absolute atomic E-state index is 11.2. The fraction of sp³-hybridized carbons (Fsp3) is 0.500. The van der Waals surface area contributed by atoms with Crippen LogP contribution in [0.2, 0.25) is 0 Å². The van der Waals surface area contributed by atoms with Crippen LogP contribution in [0.3, 0.4) is 0 Å². The Morgan fingerprint density at radius 2 is 2.00 bits per heavy atom. The standard InChI is InChI=1S/C8H11N3O2S/c1-14(12,13)8-10-6-4-2-3-5(6)7(9)11-8/h2-4H2,1H3,(H2,9,10,11). The maximum atomic E-state index is 11.2. The van der Waals surface area contributed by atoms with Crippen molar-refractivity contribution in [3.8, 4) is 0 Å². The van der Waals surface area contributed by atoms with Crippen molar-refractivity contribution in [1.82, 2.24) is 9.97 Å². The summed E-state index contributed by atoms with van der Waals surface area (Å²) >= 11 is 0. The van der Waals surface area contributed by atoms with Crippen molar-refractivity contribution in [2.24, 2.45) is 0 Å². The van der Waals surface area contributed by atoms with Gasteiger partial charge in [0, 0.05) is 11.8 Å². The minimum absolute atomic E-state index is 0.157. The van der Waals surface area contributed by atoms with Crippen LogP contribution in [0.25, 0.3) is 0 Å². The maximum Gasteiger partial charge on any atom is 0.248 e. The second-order valence-corrected chi connectivity index (χ2v) is 5.35. The summed E-state index contributed by atoms with van der Waals surface area (Å²) in [5, 5.41) is -0.157. The number of anilines is 1. The lowest BCUT2D eigenvalue weighted by atomic mass is 10.2. The molecule has 0 aromatic carbocycles. The average Bonchev–Trinajstić information content (AvgIpc) is 2.50. The Balaban J connectivity index is 2.64. The van der Waals surface area contributed by atoms with Crippen LogP contribution in [0, 0.1) is 0 Å². The van der Waals surface area contributed by atoms with Crippen LogP contribution in [0.15, 0.2) is 5.16 Å². The summed E-state index contributed by atoms with van der Waals surface area (Å²) in [5.41, 5.74) is 7.36. The van der Waals surface area contributed by atoms with Crippen LogP contribution in [0.4, 0.5) is 5.82 Å². The van der Waals surface area contributed by atoms with E-state index in [1.807, 2.05) is 0 Å². The molecule has 2 N–H and O–H groups in total. The van der Waals surface area contributed by atoms with Crippen molar-refractivity contribution in [2.45, 2.75) is 24.4 Å². The number of aromatic nitrogens is 2. The smallest absolute Gasteiger partial charge is 0.248 e. The van der Waals surface area contributed by atoms with Gasteiger partial charge >= 0.3 is 0 Å². The van der Waals surface area contributed by atoms with E-state index in [0.717, 1.165) is 36.8 Å². The first-order valence-electron chi connectivity index (χ1n) is 4.34. The summed E-state index contributed by atoms with van der Waals surface area (Å²) in [5.74, 6) is 0.313. The number of nitrogen functional groups attached to an aromatic ring is 1. The summed E-state index contributed by atoms with van der Waals surface area (Å²) in [6.07, 6.45) is 3.71. The third kappa shape index (κ3) is 1.45. The Hall–Kier alpha value is -1.17. The first-order chi connectivity index (χ1) is 6.48. The van der Waals surface area contributed by atoms with Gasteiger partial charge in [0.05, 0.1) is 5.69 Å². The molecular weight excluding hydrogens is 202 g/mol. The second-order valence-electron chi connectivity index (χ2n) is 3.44. The van der Waals surface area contributed by atoms with Crippen LogP contribution in [-0.2, 0) is 22.7 Å². The van der Waals surface area contributed by atoms with Crippen molar-refractivity contribution in [1.29, 1.82) is 0 Å². The molecule has 1 aliphatic carbocycles. The molecule has 14 heavy (non-hydrogen) atoms.